The van der Waals surface area contributed by atoms with Crippen LogP contribution in [0.3, 0.4) is 0 Å². The van der Waals surface area contributed by atoms with E-state index in [2.05, 4.69) is 10.3 Å². The van der Waals surface area contributed by atoms with Crippen LogP contribution in [0.1, 0.15) is 53.4 Å². The van der Waals surface area contributed by atoms with E-state index >= 15 is 0 Å². The number of benzene rings is 2. The molecule has 0 spiro atoms. The summed E-state index contributed by atoms with van der Waals surface area (Å²) in [5, 5.41) is 2.91. The zero-order valence-corrected chi connectivity index (χ0v) is 21.1. The first-order valence-corrected chi connectivity index (χ1v) is 12.5. The van der Waals surface area contributed by atoms with Crippen molar-refractivity contribution < 1.29 is 19.1 Å². The van der Waals surface area contributed by atoms with Crippen molar-refractivity contribution in [2.75, 3.05) is 13.2 Å². The Morgan fingerprint density at radius 2 is 1.76 bits per heavy atom. The minimum atomic E-state index is -0.399. The lowest BCUT2D eigenvalue weighted by molar-refractivity contribution is -0.140. The van der Waals surface area contributed by atoms with Gasteiger partial charge in [0.15, 0.2) is 0 Å². The fourth-order valence-electron chi connectivity index (χ4n) is 4.54. The Bertz CT molecular complexity index is 1270. The van der Waals surface area contributed by atoms with Crippen molar-refractivity contribution in [1.29, 1.82) is 0 Å². The fourth-order valence-corrected chi connectivity index (χ4v) is 4.54. The van der Waals surface area contributed by atoms with Crippen LogP contribution in [0.4, 0.5) is 0 Å². The number of carbonyl (C=O) groups excluding carboxylic acids is 3. The van der Waals surface area contributed by atoms with Gasteiger partial charge in [-0.05, 0) is 49.2 Å². The Morgan fingerprint density at radius 3 is 2.43 bits per heavy atom. The quantitative estimate of drug-likeness (QED) is 0.443. The van der Waals surface area contributed by atoms with Gasteiger partial charge in [0, 0.05) is 48.5 Å². The molecule has 0 bridgehead atoms. The number of hydrogen-bond acceptors (Lipinski definition) is 5. The van der Waals surface area contributed by atoms with Gasteiger partial charge in [-0.25, -0.2) is 4.79 Å². The third kappa shape index (κ3) is 6.30. The van der Waals surface area contributed by atoms with E-state index in [9.17, 15) is 14.4 Å². The highest BCUT2D eigenvalue weighted by atomic mass is 16.5. The molecule has 1 aliphatic heterocycles. The SMILES string of the molecule is CCOC(=O)C1=C(C)N(Cc2ccc(C(=O)NCCc3ccccn3)cc2)C(=O)CC1c1ccccc1. The maximum absolute atomic E-state index is 13.2. The second-order valence-electron chi connectivity index (χ2n) is 8.89. The maximum atomic E-state index is 13.2. The van der Waals surface area contributed by atoms with E-state index in [1.165, 1.54) is 0 Å². The molecule has 2 amide bonds. The highest BCUT2D eigenvalue weighted by Gasteiger charge is 2.36. The number of esters is 1. The molecular weight excluding hydrogens is 466 g/mol. The van der Waals surface area contributed by atoms with E-state index in [0.29, 0.717) is 36.3 Å². The molecule has 0 fully saturated rings. The summed E-state index contributed by atoms with van der Waals surface area (Å²) in [6.07, 6.45) is 2.57. The lowest BCUT2D eigenvalue weighted by Crippen LogP contribution is -2.38. The summed E-state index contributed by atoms with van der Waals surface area (Å²) in [6.45, 7) is 4.62. The van der Waals surface area contributed by atoms with Gasteiger partial charge < -0.3 is 15.0 Å². The highest BCUT2D eigenvalue weighted by Crippen LogP contribution is 2.37. The maximum Gasteiger partial charge on any atom is 0.336 e. The molecule has 7 nitrogen and oxygen atoms in total. The largest absolute Gasteiger partial charge is 0.463 e. The van der Waals surface area contributed by atoms with Gasteiger partial charge in [0.05, 0.1) is 18.7 Å². The van der Waals surface area contributed by atoms with Crippen LogP contribution in [0.25, 0.3) is 0 Å². The number of allylic oxidation sites excluding steroid dienone is 1. The third-order valence-corrected chi connectivity index (χ3v) is 6.47. The van der Waals surface area contributed by atoms with E-state index in [1.54, 1.807) is 37.1 Å². The first-order valence-electron chi connectivity index (χ1n) is 12.5. The smallest absolute Gasteiger partial charge is 0.336 e. The van der Waals surface area contributed by atoms with Crippen LogP contribution in [0, 0.1) is 0 Å². The summed E-state index contributed by atoms with van der Waals surface area (Å²) in [5.74, 6) is -0.969. The molecular formula is C30H31N3O4. The van der Waals surface area contributed by atoms with Gasteiger partial charge in [-0.15, -0.1) is 0 Å². The molecule has 0 radical (unpaired) electrons. The summed E-state index contributed by atoms with van der Waals surface area (Å²) in [6, 6.07) is 22.4. The molecule has 1 unspecified atom stereocenters. The molecule has 1 atom stereocenters. The molecule has 7 heteroatoms. The molecule has 3 aromatic rings. The summed E-state index contributed by atoms with van der Waals surface area (Å²) in [4.78, 5) is 44.6. The predicted molar refractivity (Wildman–Crippen MR) is 140 cm³/mol. The van der Waals surface area contributed by atoms with Gasteiger partial charge in [-0.1, -0.05) is 48.5 Å². The van der Waals surface area contributed by atoms with Crippen molar-refractivity contribution >= 4 is 17.8 Å². The van der Waals surface area contributed by atoms with E-state index in [-0.39, 0.29) is 30.8 Å². The minimum Gasteiger partial charge on any atom is -0.463 e. The van der Waals surface area contributed by atoms with Crippen molar-refractivity contribution in [2.45, 2.75) is 39.2 Å². The standard InChI is InChI=1S/C30H31N3O4/c1-3-37-30(36)28-21(2)33(27(34)19-26(28)23-9-5-4-6-10-23)20-22-12-14-24(15-13-22)29(35)32-18-16-25-11-7-8-17-31-25/h4-15,17,26H,3,16,18-20H2,1-2H3,(H,32,35). The Labute approximate surface area is 217 Å². The topological polar surface area (TPSA) is 88.6 Å². The van der Waals surface area contributed by atoms with Crippen LogP contribution in [-0.4, -0.2) is 40.8 Å². The summed E-state index contributed by atoms with van der Waals surface area (Å²) in [5.41, 5.74) is 4.34. The Balaban J connectivity index is 1.46. The highest BCUT2D eigenvalue weighted by molar-refractivity contribution is 5.96. The molecule has 0 saturated heterocycles. The number of amides is 2. The molecule has 0 saturated carbocycles. The Kier molecular flexibility index (Phi) is 8.46. The molecule has 1 N–H and O–H groups in total. The number of nitrogens with zero attached hydrogens (tertiary/aromatic N) is 2. The van der Waals surface area contributed by atoms with E-state index < -0.39 is 5.97 Å². The molecule has 0 aliphatic carbocycles. The number of nitrogens with one attached hydrogen (secondary N) is 1. The van der Waals surface area contributed by atoms with Crippen LogP contribution < -0.4 is 5.32 Å². The normalized spacial score (nSPS) is 15.5. The second-order valence-corrected chi connectivity index (χ2v) is 8.89. The summed E-state index contributed by atoms with van der Waals surface area (Å²) < 4.78 is 5.36. The van der Waals surface area contributed by atoms with Gasteiger partial charge in [-0.2, -0.15) is 0 Å². The van der Waals surface area contributed by atoms with Crippen LogP contribution in [0.2, 0.25) is 0 Å². The first kappa shape index (κ1) is 25.8. The van der Waals surface area contributed by atoms with Crippen LogP contribution in [0.15, 0.2) is 90.3 Å². The zero-order chi connectivity index (χ0) is 26.2. The van der Waals surface area contributed by atoms with Crippen molar-refractivity contribution in [2.24, 2.45) is 0 Å². The Morgan fingerprint density at radius 1 is 1.03 bits per heavy atom. The van der Waals surface area contributed by atoms with Gasteiger partial charge in [-0.3, -0.25) is 14.6 Å². The Hall–Kier alpha value is -4.26. The number of pyridine rings is 1. The first-order chi connectivity index (χ1) is 18.0. The number of ether oxygens (including phenoxy) is 1. The lowest BCUT2D eigenvalue weighted by Gasteiger charge is -2.34. The van der Waals surface area contributed by atoms with Crippen LogP contribution >= 0.6 is 0 Å². The summed E-state index contributed by atoms with van der Waals surface area (Å²) in [7, 11) is 0. The predicted octanol–water partition coefficient (Wildman–Crippen LogP) is 4.41. The van der Waals surface area contributed by atoms with Gasteiger partial charge in [0.2, 0.25) is 5.91 Å². The third-order valence-electron chi connectivity index (χ3n) is 6.47. The molecule has 1 aromatic heterocycles. The molecule has 2 aromatic carbocycles. The van der Waals surface area contributed by atoms with Crippen LogP contribution in [-0.2, 0) is 27.3 Å². The van der Waals surface area contributed by atoms with E-state index in [4.69, 9.17) is 4.74 Å². The number of hydrogen-bond donors (Lipinski definition) is 1. The van der Waals surface area contributed by atoms with Gasteiger partial charge in [0.1, 0.15) is 0 Å². The van der Waals surface area contributed by atoms with Crippen molar-refractivity contribution in [3.05, 3.63) is 113 Å². The van der Waals surface area contributed by atoms with Gasteiger partial charge >= 0.3 is 5.97 Å². The molecule has 190 valence electrons. The van der Waals surface area contributed by atoms with Crippen molar-refractivity contribution in [3.63, 3.8) is 0 Å². The van der Waals surface area contributed by atoms with E-state index in [0.717, 1.165) is 16.8 Å². The minimum absolute atomic E-state index is 0.0595. The van der Waals surface area contributed by atoms with E-state index in [1.807, 2.05) is 60.7 Å². The summed E-state index contributed by atoms with van der Waals surface area (Å²) >= 11 is 0. The molecule has 4 rings (SSSR count). The zero-order valence-electron chi connectivity index (χ0n) is 21.1. The lowest BCUT2D eigenvalue weighted by atomic mass is 9.83. The van der Waals surface area contributed by atoms with Crippen LogP contribution in [0.5, 0.6) is 0 Å². The second kappa shape index (κ2) is 12.1. The molecule has 2 heterocycles. The molecule has 37 heavy (non-hydrogen) atoms. The fraction of sp³-hybridized carbons (Fsp3) is 0.267. The van der Waals surface area contributed by atoms with Crippen molar-refractivity contribution in [1.82, 2.24) is 15.2 Å². The molecule has 1 aliphatic rings. The van der Waals surface area contributed by atoms with Crippen molar-refractivity contribution in [3.8, 4) is 0 Å². The monoisotopic (exact) mass is 497 g/mol. The van der Waals surface area contributed by atoms with Gasteiger partial charge in [0.25, 0.3) is 5.91 Å². The number of rotatable bonds is 9. The number of aromatic nitrogens is 1. The average molecular weight is 498 g/mol. The average Bonchev–Trinajstić information content (AvgIpc) is 2.92. The number of carbonyl (C=O) groups is 3.